The normalized spacial score (nSPS) is 11.6. The van der Waals surface area contributed by atoms with Gasteiger partial charge in [-0.05, 0) is 32.1 Å². The molecule has 1 rings (SSSR count). The van der Waals surface area contributed by atoms with E-state index in [4.69, 9.17) is 0 Å². The molecule has 1 aromatic heterocycles. The Balaban J connectivity index is 2.17. The predicted molar refractivity (Wildman–Crippen MR) is 170 cm³/mol. The topological polar surface area (TPSA) is 8.81 Å². The number of hydrogen-bond acceptors (Lipinski definition) is 0. The number of aryl methyl sites for hydroxylation is 2. The average Bonchev–Trinajstić information content (AvgIpc) is 3.31. The van der Waals surface area contributed by atoms with Gasteiger partial charge in [0.1, 0.15) is 12.4 Å². The van der Waals surface area contributed by atoms with E-state index in [-0.39, 0.29) is 0 Å². The summed E-state index contributed by atoms with van der Waals surface area (Å²) in [5.74, 6) is 1.61. The van der Waals surface area contributed by atoms with Gasteiger partial charge in [-0.25, -0.2) is 9.13 Å². The van der Waals surface area contributed by atoms with Gasteiger partial charge in [0.2, 0.25) is 0 Å². The molecular formula is C36H71N2+. The lowest BCUT2D eigenvalue weighted by molar-refractivity contribution is -0.704. The molecule has 0 bridgehead atoms. The maximum atomic E-state index is 2.61. The molecule has 0 aliphatic rings. The van der Waals surface area contributed by atoms with Crippen molar-refractivity contribution in [3.05, 3.63) is 18.2 Å². The highest BCUT2D eigenvalue weighted by molar-refractivity contribution is 4.84. The van der Waals surface area contributed by atoms with Crippen molar-refractivity contribution < 1.29 is 4.57 Å². The summed E-state index contributed by atoms with van der Waals surface area (Å²) in [7, 11) is 0. The van der Waals surface area contributed by atoms with Gasteiger partial charge in [-0.3, -0.25) is 0 Å². The lowest BCUT2D eigenvalue weighted by Gasteiger charge is -2.07. The van der Waals surface area contributed by atoms with Crippen LogP contribution in [0.25, 0.3) is 0 Å². The molecule has 1 aromatic rings. The standard InChI is InChI=1S/C36H71N2/c1-4-7-10-12-14-16-18-19-20-21-23-25-27-30-33-38-35-34-37(32-29-9-6-3)36(38)31-28-26-24-22-17-15-13-11-8-5-2/h34-35H,4-33H2,1-3H3/q+1. The van der Waals surface area contributed by atoms with Crippen molar-refractivity contribution in [3.8, 4) is 0 Å². The Hall–Kier alpha value is -0.790. The summed E-state index contributed by atoms with van der Waals surface area (Å²) in [6.45, 7) is 9.38. The van der Waals surface area contributed by atoms with Gasteiger partial charge < -0.3 is 0 Å². The van der Waals surface area contributed by atoms with Crippen LogP contribution < -0.4 is 4.57 Å². The van der Waals surface area contributed by atoms with Crippen LogP contribution in [0.5, 0.6) is 0 Å². The van der Waals surface area contributed by atoms with Gasteiger partial charge >= 0.3 is 0 Å². The fourth-order valence-electron chi connectivity index (χ4n) is 5.97. The molecule has 0 unspecified atom stereocenters. The zero-order chi connectivity index (χ0) is 27.4. The van der Waals surface area contributed by atoms with Crippen LogP contribution in [0.1, 0.15) is 200 Å². The maximum Gasteiger partial charge on any atom is 0.256 e. The summed E-state index contributed by atoms with van der Waals surface area (Å²) >= 11 is 0. The molecule has 2 nitrogen and oxygen atoms in total. The molecule has 0 atom stereocenters. The SMILES string of the molecule is CCCCCCCCCCCCCCCC[n+]1ccn(CCCCC)c1CCCCCCCCCCCC. The molecule has 0 aromatic carbocycles. The number of imidazole rings is 1. The molecule has 224 valence electrons. The van der Waals surface area contributed by atoms with E-state index in [1.165, 1.54) is 193 Å². The van der Waals surface area contributed by atoms with E-state index in [2.05, 4.69) is 42.3 Å². The molecule has 0 N–H and O–H groups in total. The first-order valence-corrected chi connectivity index (χ1v) is 17.9. The molecule has 2 heteroatoms. The molecule has 38 heavy (non-hydrogen) atoms. The number of nitrogens with zero attached hydrogens (tertiary/aromatic N) is 2. The van der Waals surface area contributed by atoms with E-state index in [0.29, 0.717) is 0 Å². The molecule has 0 amide bonds. The van der Waals surface area contributed by atoms with Crippen LogP contribution in [-0.2, 0) is 19.5 Å². The third kappa shape index (κ3) is 20.2. The van der Waals surface area contributed by atoms with Gasteiger partial charge in [0.05, 0.1) is 13.1 Å². The number of rotatable bonds is 30. The van der Waals surface area contributed by atoms with E-state index in [0.717, 1.165) is 0 Å². The van der Waals surface area contributed by atoms with Crippen LogP contribution >= 0.6 is 0 Å². The third-order valence-corrected chi connectivity index (χ3v) is 8.60. The average molecular weight is 532 g/mol. The Morgan fingerprint density at radius 3 is 1.26 bits per heavy atom. The minimum Gasteiger partial charge on any atom is -0.234 e. The van der Waals surface area contributed by atoms with E-state index in [9.17, 15) is 0 Å². The highest BCUT2D eigenvalue weighted by Gasteiger charge is 2.16. The van der Waals surface area contributed by atoms with Gasteiger partial charge in [-0.15, -0.1) is 0 Å². The van der Waals surface area contributed by atoms with Crippen LogP contribution in [0.2, 0.25) is 0 Å². The fraction of sp³-hybridized carbons (Fsp3) is 0.917. The molecular weight excluding hydrogens is 460 g/mol. The monoisotopic (exact) mass is 532 g/mol. The Labute approximate surface area is 240 Å². The molecule has 0 saturated heterocycles. The predicted octanol–water partition coefficient (Wildman–Crippen LogP) is 11.9. The smallest absolute Gasteiger partial charge is 0.234 e. The van der Waals surface area contributed by atoms with E-state index in [1.807, 2.05) is 0 Å². The van der Waals surface area contributed by atoms with Crippen molar-refractivity contribution in [3.63, 3.8) is 0 Å². The van der Waals surface area contributed by atoms with Crippen LogP contribution in [-0.4, -0.2) is 4.57 Å². The first-order valence-electron chi connectivity index (χ1n) is 17.9. The number of unbranched alkanes of at least 4 members (excludes halogenated alkanes) is 24. The highest BCUT2D eigenvalue weighted by Crippen LogP contribution is 2.14. The zero-order valence-corrected chi connectivity index (χ0v) is 26.8. The Morgan fingerprint density at radius 2 is 0.816 bits per heavy atom. The second kappa shape index (κ2) is 27.8. The zero-order valence-electron chi connectivity index (χ0n) is 26.8. The van der Waals surface area contributed by atoms with Crippen LogP contribution in [0, 0.1) is 0 Å². The highest BCUT2D eigenvalue weighted by atomic mass is 15.1. The Bertz CT molecular complexity index is 590. The molecule has 0 spiro atoms. The minimum absolute atomic E-state index is 1.21. The van der Waals surface area contributed by atoms with Crippen molar-refractivity contribution in [1.29, 1.82) is 0 Å². The van der Waals surface area contributed by atoms with E-state index >= 15 is 0 Å². The van der Waals surface area contributed by atoms with Crippen molar-refractivity contribution in [2.24, 2.45) is 0 Å². The van der Waals surface area contributed by atoms with Crippen molar-refractivity contribution in [2.45, 2.75) is 214 Å². The summed E-state index contributed by atoms with van der Waals surface area (Å²) < 4.78 is 5.20. The largest absolute Gasteiger partial charge is 0.256 e. The maximum absolute atomic E-state index is 2.61. The van der Waals surface area contributed by atoms with Gasteiger partial charge in [0.15, 0.2) is 0 Å². The summed E-state index contributed by atoms with van der Waals surface area (Å²) in [4.78, 5) is 0. The van der Waals surface area contributed by atoms with Crippen LogP contribution in [0.4, 0.5) is 0 Å². The fourth-order valence-corrected chi connectivity index (χ4v) is 5.97. The second-order valence-electron chi connectivity index (χ2n) is 12.3. The number of aromatic nitrogens is 2. The molecule has 1 heterocycles. The lowest BCUT2D eigenvalue weighted by atomic mass is 10.0. The minimum atomic E-state index is 1.21. The molecule has 0 radical (unpaired) electrons. The number of hydrogen-bond donors (Lipinski definition) is 0. The van der Waals surface area contributed by atoms with Crippen LogP contribution in [0.15, 0.2) is 12.4 Å². The summed E-state index contributed by atoms with van der Waals surface area (Å²) in [6.07, 6.45) is 44.5. The Kier molecular flexibility index (Phi) is 25.7. The van der Waals surface area contributed by atoms with E-state index < -0.39 is 0 Å². The van der Waals surface area contributed by atoms with Gasteiger partial charge in [0.25, 0.3) is 5.82 Å². The van der Waals surface area contributed by atoms with Crippen molar-refractivity contribution >= 4 is 0 Å². The lowest BCUT2D eigenvalue weighted by Crippen LogP contribution is -2.37. The first-order chi connectivity index (χ1) is 18.8. The second-order valence-corrected chi connectivity index (χ2v) is 12.3. The van der Waals surface area contributed by atoms with Crippen molar-refractivity contribution in [1.82, 2.24) is 4.57 Å². The van der Waals surface area contributed by atoms with Crippen LogP contribution in [0.3, 0.4) is 0 Å². The Morgan fingerprint density at radius 1 is 0.447 bits per heavy atom. The summed E-state index contributed by atoms with van der Waals surface area (Å²) in [5, 5.41) is 0. The van der Waals surface area contributed by atoms with E-state index in [1.54, 1.807) is 5.82 Å². The summed E-state index contributed by atoms with van der Waals surface area (Å²) in [5.41, 5.74) is 0. The van der Waals surface area contributed by atoms with Gasteiger partial charge in [-0.2, -0.15) is 0 Å². The molecule has 0 saturated carbocycles. The molecule has 0 aliphatic carbocycles. The first kappa shape index (κ1) is 35.2. The van der Waals surface area contributed by atoms with Crippen molar-refractivity contribution in [2.75, 3.05) is 0 Å². The molecule has 0 aliphatic heterocycles. The van der Waals surface area contributed by atoms with Gasteiger partial charge in [0, 0.05) is 6.42 Å². The summed E-state index contributed by atoms with van der Waals surface area (Å²) in [6, 6.07) is 0. The molecule has 0 fully saturated rings. The quantitative estimate of drug-likeness (QED) is 0.0689. The van der Waals surface area contributed by atoms with Gasteiger partial charge in [-0.1, -0.05) is 162 Å². The third-order valence-electron chi connectivity index (χ3n) is 8.60.